The second kappa shape index (κ2) is 8.31. The molecule has 2 heterocycles. The predicted octanol–water partition coefficient (Wildman–Crippen LogP) is 5.33. The van der Waals surface area contributed by atoms with E-state index in [4.69, 9.17) is 16.3 Å². The van der Waals surface area contributed by atoms with Crippen molar-refractivity contribution in [3.05, 3.63) is 68.1 Å². The van der Waals surface area contributed by atoms with Crippen molar-refractivity contribution < 1.29 is 9.53 Å². The highest BCUT2D eigenvalue weighted by molar-refractivity contribution is 9.10. The van der Waals surface area contributed by atoms with Crippen molar-refractivity contribution >= 4 is 50.9 Å². The first-order valence-corrected chi connectivity index (χ1v) is 11.1. The van der Waals surface area contributed by atoms with E-state index in [0.717, 1.165) is 20.8 Å². The topological polar surface area (TPSA) is 56.6 Å². The van der Waals surface area contributed by atoms with Gasteiger partial charge >= 0.3 is 0 Å². The number of benzene rings is 2. The Morgan fingerprint density at radius 2 is 2.14 bits per heavy atom. The van der Waals surface area contributed by atoms with Crippen LogP contribution in [0.2, 0.25) is 5.02 Å². The first-order chi connectivity index (χ1) is 14.0. The van der Waals surface area contributed by atoms with E-state index in [1.807, 2.05) is 42.5 Å². The summed E-state index contributed by atoms with van der Waals surface area (Å²) < 4.78 is 6.38. The molecule has 1 fully saturated rings. The number of rotatable bonds is 3. The fraction of sp³-hybridized carbons (Fsp3) is 0.238. The molecule has 1 atom stereocenters. The molecule has 1 amide bonds. The minimum Gasteiger partial charge on any atom is -0.496 e. The number of amides is 1. The fourth-order valence-corrected chi connectivity index (χ4v) is 5.37. The smallest absolute Gasteiger partial charge is 0.229 e. The summed E-state index contributed by atoms with van der Waals surface area (Å²) in [7, 11) is 1.60. The molecule has 0 radical (unpaired) electrons. The number of allylic oxidation sites excluding steroid dienone is 1. The maximum absolute atomic E-state index is 13.1. The van der Waals surface area contributed by atoms with Crippen molar-refractivity contribution in [3.63, 3.8) is 0 Å². The lowest BCUT2D eigenvalue weighted by atomic mass is 9.86. The number of thioether (sulfide) groups is 1. The van der Waals surface area contributed by atoms with Crippen molar-refractivity contribution in [2.45, 2.75) is 12.3 Å². The van der Waals surface area contributed by atoms with Gasteiger partial charge in [-0.05, 0) is 36.4 Å². The largest absolute Gasteiger partial charge is 0.496 e. The molecule has 0 aromatic heterocycles. The van der Waals surface area contributed by atoms with E-state index < -0.39 is 0 Å². The summed E-state index contributed by atoms with van der Waals surface area (Å²) in [6.07, 6.45) is 0.225. The van der Waals surface area contributed by atoms with E-state index in [2.05, 4.69) is 26.9 Å². The van der Waals surface area contributed by atoms with E-state index in [9.17, 15) is 10.1 Å². The molecule has 4 rings (SSSR count). The van der Waals surface area contributed by atoms with Crippen LogP contribution in [0, 0.1) is 11.3 Å². The Morgan fingerprint density at radius 1 is 1.31 bits per heavy atom. The van der Waals surface area contributed by atoms with Crippen molar-refractivity contribution in [2.24, 2.45) is 0 Å². The molecular formula is C21H17BrClN3O2S. The van der Waals surface area contributed by atoms with Gasteiger partial charge < -0.3 is 9.64 Å². The average Bonchev–Trinajstić information content (AvgIpc) is 2.73. The Bertz CT molecular complexity index is 1050. The van der Waals surface area contributed by atoms with Crippen LogP contribution < -0.4 is 9.64 Å². The number of carbonyl (C=O) groups excluding carboxylic acids is 1. The highest BCUT2D eigenvalue weighted by Crippen LogP contribution is 2.45. The number of hydrogen-bond donors (Lipinski definition) is 0. The molecular weight excluding hydrogens is 474 g/mol. The second-order valence-electron chi connectivity index (χ2n) is 6.73. The quantitative estimate of drug-likeness (QED) is 0.582. The van der Waals surface area contributed by atoms with Crippen LogP contribution >= 0.6 is 39.3 Å². The van der Waals surface area contributed by atoms with Gasteiger partial charge in [-0.25, -0.2) is 0 Å². The lowest BCUT2D eigenvalue weighted by Crippen LogP contribution is -2.47. The number of carbonyl (C=O) groups is 1. The van der Waals surface area contributed by atoms with Gasteiger partial charge in [0.15, 0.2) is 0 Å². The Hall–Kier alpha value is -2.14. The summed E-state index contributed by atoms with van der Waals surface area (Å²) in [5.41, 5.74) is 2.40. The minimum atomic E-state index is -0.323. The van der Waals surface area contributed by atoms with Crippen LogP contribution in [0.15, 0.2) is 57.5 Å². The summed E-state index contributed by atoms with van der Waals surface area (Å²) in [4.78, 5) is 16.8. The molecule has 5 nitrogen and oxygen atoms in total. The lowest BCUT2D eigenvalue weighted by molar-refractivity contribution is -0.129. The van der Waals surface area contributed by atoms with Crippen LogP contribution in [0.3, 0.4) is 0 Å². The zero-order valence-corrected chi connectivity index (χ0v) is 18.7. The number of ether oxygens (including phenoxy) is 1. The molecule has 29 heavy (non-hydrogen) atoms. The summed E-state index contributed by atoms with van der Waals surface area (Å²) >= 11 is 11.1. The molecule has 1 unspecified atom stereocenters. The van der Waals surface area contributed by atoms with Crippen LogP contribution in [-0.2, 0) is 4.79 Å². The van der Waals surface area contributed by atoms with Gasteiger partial charge in [0, 0.05) is 33.1 Å². The molecule has 0 N–H and O–H groups in total. The lowest BCUT2D eigenvalue weighted by Gasteiger charge is -2.42. The minimum absolute atomic E-state index is 0.00902. The van der Waals surface area contributed by atoms with Crippen LogP contribution in [0.1, 0.15) is 17.9 Å². The fourth-order valence-electron chi connectivity index (χ4n) is 3.64. The van der Waals surface area contributed by atoms with Crippen molar-refractivity contribution in [3.8, 4) is 11.8 Å². The van der Waals surface area contributed by atoms with Crippen molar-refractivity contribution in [1.29, 1.82) is 5.26 Å². The van der Waals surface area contributed by atoms with E-state index in [1.54, 1.807) is 12.0 Å². The Balaban J connectivity index is 1.71. The first-order valence-electron chi connectivity index (χ1n) is 8.93. The Morgan fingerprint density at radius 3 is 2.86 bits per heavy atom. The van der Waals surface area contributed by atoms with Crippen molar-refractivity contribution in [1.82, 2.24) is 4.90 Å². The molecule has 0 saturated carbocycles. The highest BCUT2D eigenvalue weighted by Gasteiger charge is 2.39. The number of nitrogens with zero attached hydrogens (tertiary/aromatic N) is 3. The first kappa shape index (κ1) is 20.1. The van der Waals surface area contributed by atoms with Gasteiger partial charge in [-0.2, -0.15) is 5.26 Å². The summed E-state index contributed by atoms with van der Waals surface area (Å²) in [6, 6.07) is 15.6. The van der Waals surface area contributed by atoms with Gasteiger partial charge in [0.1, 0.15) is 5.75 Å². The van der Waals surface area contributed by atoms with Gasteiger partial charge in [0.05, 0.1) is 36.3 Å². The van der Waals surface area contributed by atoms with Gasteiger partial charge in [0.25, 0.3) is 0 Å². The Labute approximate surface area is 187 Å². The zero-order valence-electron chi connectivity index (χ0n) is 15.6. The molecule has 0 aliphatic carbocycles. The predicted molar refractivity (Wildman–Crippen MR) is 119 cm³/mol. The van der Waals surface area contributed by atoms with Crippen LogP contribution in [0.5, 0.6) is 5.75 Å². The standard InChI is InChI=1S/C21H17BrClN3O2S/c1-28-19-6-5-13(22)7-17(19)16-9-20(27)26-11-25(12-29-21(26)18(16)10-24)15-4-2-3-14(23)8-15/h2-8,16H,9,11-12H2,1H3. The SMILES string of the molecule is COc1ccc(Br)cc1C1CC(=O)N2CN(c3cccc(Cl)c3)CSC2=C1C#N. The number of fused-ring (bicyclic) bond motifs is 1. The van der Waals surface area contributed by atoms with Crippen molar-refractivity contribution in [2.75, 3.05) is 24.6 Å². The Kier molecular flexibility index (Phi) is 5.77. The molecule has 0 bridgehead atoms. The molecule has 2 aliphatic heterocycles. The van der Waals surface area contributed by atoms with Gasteiger partial charge in [-0.15, -0.1) is 0 Å². The molecule has 8 heteroatoms. The summed E-state index contributed by atoms with van der Waals surface area (Å²) in [5, 5.41) is 11.3. The maximum Gasteiger partial charge on any atom is 0.229 e. The molecule has 2 aromatic carbocycles. The number of nitriles is 1. The monoisotopic (exact) mass is 489 g/mol. The van der Waals surface area contributed by atoms with E-state index in [0.29, 0.717) is 28.9 Å². The van der Waals surface area contributed by atoms with Crippen LogP contribution in [0.4, 0.5) is 5.69 Å². The number of halogens is 2. The zero-order chi connectivity index (χ0) is 20.5. The molecule has 2 aromatic rings. The second-order valence-corrected chi connectivity index (χ2v) is 9.02. The van der Waals surface area contributed by atoms with Gasteiger partial charge in [-0.1, -0.05) is 45.4 Å². The highest BCUT2D eigenvalue weighted by atomic mass is 79.9. The third-order valence-electron chi connectivity index (χ3n) is 5.03. The van der Waals surface area contributed by atoms with Crippen LogP contribution in [0.25, 0.3) is 0 Å². The van der Waals surface area contributed by atoms with Gasteiger partial charge in [-0.3, -0.25) is 9.69 Å². The number of hydrogen-bond acceptors (Lipinski definition) is 5. The van der Waals surface area contributed by atoms with Gasteiger partial charge in [0.2, 0.25) is 5.91 Å². The molecule has 148 valence electrons. The third kappa shape index (κ3) is 3.85. The molecule has 1 saturated heterocycles. The van der Waals surface area contributed by atoms with Crippen LogP contribution in [-0.4, -0.2) is 30.5 Å². The normalized spacial score (nSPS) is 19.1. The third-order valence-corrected chi connectivity index (χ3v) is 6.92. The van der Waals surface area contributed by atoms with E-state index in [1.165, 1.54) is 11.8 Å². The molecule has 0 spiro atoms. The molecule has 2 aliphatic rings. The number of anilines is 1. The summed E-state index contributed by atoms with van der Waals surface area (Å²) in [5.74, 6) is 0.975. The van der Waals surface area contributed by atoms with E-state index in [-0.39, 0.29) is 18.2 Å². The number of methoxy groups -OCH3 is 1. The summed E-state index contributed by atoms with van der Waals surface area (Å²) in [6.45, 7) is 0.398. The average molecular weight is 491 g/mol. The van der Waals surface area contributed by atoms with E-state index >= 15 is 0 Å². The maximum atomic E-state index is 13.1.